The van der Waals surface area contributed by atoms with E-state index in [2.05, 4.69) is 15.3 Å². The van der Waals surface area contributed by atoms with E-state index in [-0.39, 0.29) is 4.90 Å². The summed E-state index contributed by atoms with van der Waals surface area (Å²) in [5.41, 5.74) is 0.500. The van der Waals surface area contributed by atoms with Gasteiger partial charge in [0.05, 0.1) is 11.9 Å². The van der Waals surface area contributed by atoms with Crippen LogP contribution in [0.3, 0.4) is 0 Å². The molecule has 0 saturated heterocycles. The molecule has 0 bridgehead atoms. The molecule has 0 aliphatic rings. The Morgan fingerprint density at radius 2 is 2.00 bits per heavy atom. The van der Waals surface area contributed by atoms with E-state index in [1.54, 1.807) is 31.4 Å². The standard InChI is InChI=1S/C12H14N4O2S/c1-13-12-6-5-11(9-15-12)19(17,18)16(2)10-4-3-7-14-8-10/h3-9H,1-2H3,(H,13,15). The average Bonchev–Trinajstić information content (AvgIpc) is 2.47. The maximum atomic E-state index is 12.4. The first-order valence-electron chi connectivity index (χ1n) is 5.58. The zero-order valence-electron chi connectivity index (χ0n) is 10.6. The van der Waals surface area contributed by atoms with Crippen molar-refractivity contribution in [2.45, 2.75) is 4.90 Å². The number of aromatic nitrogens is 2. The van der Waals surface area contributed by atoms with Crippen molar-refractivity contribution in [2.75, 3.05) is 23.7 Å². The molecule has 0 spiro atoms. The molecule has 0 aliphatic heterocycles. The van der Waals surface area contributed by atoms with Crippen LogP contribution in [0.1, 0.15) is 0 Å². The molecule has 1 N–H and O–H groups in total. The molecule has 2 aromatic rings. The van der Waals surface area contributed by atoms with Gasteiger partial charge in [-0.2, -0.15) is 0 Å². The largest absolute Gasteiger partial charge is 0.373 e. The Bertz CT molecular complexity index is 641. The Kier molecular flexibility index (Phi) is 3.66. The second-order valence-electron chi connectivity index (χ2n) is 3.81. The number of nitrogens with zero attached hydrogens (tertiary/aromatic N) is 3. The van der Waals surface area contributed by atoms with Crippen LogP contribution in [0.15, 0.2) is 47.8 Å². The van der Waals surface area contributed by atoms with Crippen molar-refractivity contribution in [3.63, 3.8) is 0 Å². The van der Waals surface area contributed by atoms with Crippen LogP contribution < -0.4 is 9.62 Å². The Morgan fingerprint density at radius 3 is 2.53 bits per heavy atom. The van der Waals surface area contributed by atoms with Gasteiger partial charge in [0.15, 0.2) is 0 Å². The summed E-state index contributed by atoms with van der Waals surface area (Å²) < 4.78 is 25.9. The molecule has 6 nitrogen and oxygen atoms in total. The van der Waals surface area contributed by atoms with Gasteiger partial charge in [-0.1, -0.05) is 0 Å². The fourth-order valence-electron chi connectivity index (χ4n) is 1.52. The minimum Gasteiger partial charge on any atom is -0.373 e. The highest BCUT2D eigenvalue weighted by molar-refractivity contribution is 7.92. The van der Waals surface area contributed by atoms with Crippen LogP contribution in [0, 0.1) is 0 Å². The lowest BCUT2D eigenvalue weighted by atomic mass is 10.4. The average molecular weight is 278 g/mol. The molecular formula is C12H14N4O2S. The SMILES string of the molecule is CNc1ccc(S(=O)(=O)N(C)c2cccnc2)cn1. The van der Waals surface area contributed by atoms with Crippen molar-refractivity contribution >= 4 is 21.5 Å². The first kappa shape index (κ1) is 13.3. The van der Waals surface area contributed by atoms with E-state index in [1.807, 2.05) is 0 Å². The number of hydrogen-bond acceptors (Lipinski definition) is 5. The highest BCUT2D eigenvalue weighted by atomic mass is 32.2. The lowest BCUT2D eigenvalue weighted by Crippen LogP contribution is -2.26. The lowest BCUT2D eigenvalue weighted by Gasteiger charge is -2.18. The first-order chi connectivity index (χ1) is 9.05. The number of pyridine rings is 2. The quantitative estimate of drug-likeness (QED) is 0.913. The summed E-state index contributed by atoms with van der Waals surface area (Å²) in [6, 6.07) is 6.49. The van der Waals surface area contributed by atoms with Crippen molar-refractivity contribution in [3.05, 3.63) is 42.9 Å². The fourth-order valence-corrected chi connectivity index (χ4v) is 2.65. The summed E-state index contributed by atoms with van der Waals surface area (Å²) in [4.78, 5) is 8.05. The van der Waals surface area contributed by atoms with E-state index < -0.39 is 10.0 Å². The number of anilines is 2. The molecule has 0 saturated carbocycles. The molecule has 2 heterocycles. The number of sulfonamides is 1. The number of rotatable bonds is 4. The summed E-state index contributed by atoms with van der Waals surface area (Å²) >= 11 is 0. The maximum absolute atomic E-state index is 12.4. The van der Waals surface area contributed by atoms with Gasteiger partial charge in [0, 0.05) is 26.5 Å². The zero-order chi connectivity index (χ0) is 13.9. The topological polar surface area (TPSA) is 75.2 Å². The van der Waals surface area contributed by atoms with Gasteiger partial charge in [-0.25, -0.2) is 13.4 Å². The minimum absolute atomic E-state index is 0.137. The zero-order valence-corrected chi connectivity index (χ0v) is 11.4. The van der Waals surface area contributed by atoms with Gasteiger partial charge in [-0.15, -0.1) is 0 Å². The predicted octanol–water partition coefficient (Wildman–Crippen LogP) is 1.34. The lowest BCUT2D eigenvalue weighted by molar-refractivity contribution is 0.594. The van der Waals surface area contributed by atoms with Crippen molar-refractivity contribution in [3.8, 4) is 0 Å². The Balaban J connectivity index is 2.36. The maximum Gasteiger partial charge on any atom is 0.265 e. The second kappa shape index (κ2) is 5.23. The van der Waals surface area contributed by atoms with Gasteiger partial charge in [0.2, 0.25) is 0 Å². The molecule has 0 amide bonds. The molecule has 100 valence electrons. The molecule has 0 radical (unpaired) electrons. The van der Waals surface area contributed by atoms with Gasteiger partial charge in [-0.3, -0.25) is 9.29 Å². The van der Waals surface area contributed by atoms with Crippen LogP contribution in [0.2, 0.25) is 0 Å². The van der Waals surface area contributed by atoms with Gasteiger partial charge in [0.1, 0.15) is 10.7 Å². The summed E-state index contributed by atoms with van der Waals surface area (Å²) in [6.07, 6.45) is 4.41. The van der Waals surface area contributed by atoms with E-state index >= 15 is 0 Å². The Hall–Kier alpha value is -2.15. The van der Waals surface area contributed by atoms with Crippen molar-refractivity contribution < 1.29 is 8.42 Å². The molecule has 0 atom stereocenters. The van der Waals surface area contributed by atoms with Crippen LogP contribution >= 0.6 is 0 Å². The molecule has 0 fully saturated rings. The molecule has 0 aliphatic carbocycles. The van der Waals surface area contributed by atoms with Crippen LogP contribution in [0.25, 0.3) is 0 Å². The summed E-state index contributed by atoms with van der Waals surface area (Å²) in [6.45, 7) is 0. The van der Waals surface area contributed by atoms with Crippen LogP contribution in [-0.4, -0.2) is 32.5 Å². The predicted molar refractivity (Wildman–Crippen MR) is 73.6 cm³/mol. The Labute approximate surface area is 112 Å². The van der Waals surface area contributed by atoms with E-state index in [1.165, 1.54) is 29.8 Å². The second-order valence-corrected chi connectivity index (χ2v) is 5.78. The van der Waals surface area contributed by atoms with Crippen molar-refractivity contribution in [1.82, 2.24) is 9.97 Å². The fraction of sp³-hybridized carbons (Fsp3) is 0.167. The van der Waals surface area contributed by atoms with Gasteiger partial charge in [-0.05, 0) is 24.3 Å². The molecule has 2 rings (SSSR count). The van der Waals surface area contributed by atoms with E-state index in [0.29, 0.717) is 11.5 Å². The molecular weight excluding hydrogens is 264 g/mol. The number of hydrogen-bond donors (Lipinski definition) is 1. The molecule has 0 aromatic carbocycles. The third kappa shape index (κ3) is 2.65. The van der Waals surface area contributed by atoms with E-state index in [9.17, 15) is 8.42 Å². The smallest absolute Gasteiger partial charge is 0.265 e. The van der Waals surface area contributed by atoms with Crippen LogP contribution in [0.4, 0.5) is 11.5 Å². The third-order valence-corrected chi connectivity index (χ3v) is 4.43. The minimum atomic E-state index is -3.61. The molecule has 0 unspecified atom stereocenters. The normalized spacial score (nSPS) is 11.1. The summed E-state index contributed by atoms with van der Waals surface area (Å²) in [7, 11) is -0.409. The van der Waals surface area contributed by atoms with Crippen molar-refractivity contribution in [2.24, 2.45) is 0 Å². The van der Waals surface area contributed by atoms with Crippen LogP contribution in [0.5, 0.6) is 0 Å². The highest BCUT2D eigenvalue weighted by Crippen LogP contribution is 2.20. The number of nitrogens with one attached hydrogen (secondary N) is 1. The Morgan fingerprint density at radius 1 is 1.21 bits per heavy atom. The first-order valence-corrected chi connectivity index (χ1v) is 7.02. The monoisotopic (exact) mass is 278 g/mol. The molecule has 19 heavy (non-hydrogen) atoms. The van der Waals surface area contributed by atoms with Crippen molar-refractivity contribution in [1.29, 1.82) is 0 Å². The van der Waals surface area contributed by atoms with E-state index in [0.717, 1.165) is 0 Å². The summed E-state index contributed by atoms with van der Waals surface area (Å²) in [5, 5.41) is 2.84. The molecule has 2 aromatic heterocycles. The van der Waals surface area contributed by atoms with Gasteiger partial charge in [0.25, 0.3) is 10.0 Å². The summed E-state index contributed by atoms with van der Waals surface area (Å²) in [5.74, 6) is 0.614. The highest BCUT2D eigenvalue weighted by Gasteiger charge is 2.21. The van der Waals surface area contributed by atoms with Gasteiger partial charge >= 0.3 is 0 Å². The van der Waals surface area contributed by atoms with E-state index in [4.69, 9.17) is 0 Å². The van der Waals surface area contributed by atoms with Crippen LogP contribution in [-0.2, 0) is 10.0 Å². The molecule has 7 heteroatoms. The third-order valence-electron chi connectivity index (χ3n) is 2.66. The van der Waals surface area contributed by atoms with Gasteiger partial charge < -0.3 is 5.32 Å².